The zero-order valence-electron chi connectivity index (χ0n) is 11.3. The van der Waals surface area contributed by atoms with Crippen molar-refractivity contribution in [1.29, 1.82) is 0 Å². The summed E-state index contributed by atoms with van der Waals surface area (Å²) < 4.78 is 5.19. The lowest BCUT2D eigenvalue weighted by Crippen LogP contribution is -2.10. The van der Waals surface area contributed by atoms with E-state index in [1.165, 1.54) is 10.5 Å². The number of hydrogen-bond donors (Lipinski definition) is 1. The summed E-state index contributed by atoms with van der Waals surface area (Å²) in [6, 6.07) is 8.22. The van der Waals surface area contributed by atoms with Crippen LogP contribution in [0.4, 0.5) is 0 Å². The largest absolute Gasteiger partial charge is 0.338 e. The van der Waals surface area contributed by atoms with Gasteiger partial charge in [0.2, 0.25) is 5.89 Å². The molecule has 0 aliphatic carbocycles. The van der Waals surface area contributed by atoms with Gasteiger partial charge in [0.15, 0.2) is 5.82 Å². The van der Waals surface area contributed by atoms with E-state index in [9.17, 15) is 0 Å². The van der Waals surface area contributed by atoms with E-state index in [-0.39, 0.29) is 6.04 Å². The van der Waals surface area contributed by atoms with E-state index in [1.807, 2.05) is 0 Å². The number of rotatable bonds is 6. The summed E-state index contributed by atoms with van der Waals surface area (Å²) in [6.07, 6.45) is 1.88. The third-order valence-corrected chi connectivity index (χ3v) is 3.75. The summed E-state index contributed by atoms with van der Waals surface area (Å²) in [7, 11) is 0. The molecule has 0 aliphatic rings. The van der Waals surface area contributed by atoms with Crippen LogP contribution in [0.2, 0.25) is 0 Å². The molecule has 2 aromatic rings. The molecular formula is C14H19N3OS. The van der Waals surface area contributed by atoms with Crippen LogP contribution >= 0.6 is 11.8 Å². The molecule has 0 unspecified atom stereocenters. The van der Waals surface area contributed by atoms with Crippen LogP contribution in [0.5, 0.6) is 0 Å². The molecular weight excluding hydrogens is 258 g/mol. The number of aryl methyl sites for hydroxylation is 1. The molecule has 0 bridgehead atoms. The lowest BCUT2D eigenvalue weighted by molar-refractivity contribution is 0.345. The topological polar surface area (TPSA) is 64.9 Å². The Balaban J connectivity index is 1.93. The predicted molar refractivity (Wildman–Crippen MR) is 76.9 cm³/mol. The van der Waals surface area contributed by atoms with Crippen LogP contribution in [0.15, 0.2) is 33.7 Å². The van der Waals surface area contributed by atoms with Crippen molar-refractivity contribution in [3.05, 3.63) is 41.5 Å². The smallest absolute Gasteiger partial charge is 0.243 e. The minimum atomic E-state index is -0.143. The second kappa shape index (κ2) is 6.73. The van der Waals surface area contributed by atoms with E-state index in [2.05, 4.69) is 48.3 Å². The summed E-state index contributed by atoms with van der Waals surface area (Å²) in [5.74, 6) is 1.95. The number of nitrogens with two attached hydrogens (primary N) is 1. The Kier molecular flexibility index (Phi) is 4.99. The van der Waals surface area contributed by atoms with Crippen LogP contribution < -0.4 is 5.73 Å². The van der Waals surface area contributed by atoms with E-state index >= 15 is 0 Å². The van der Waals surface area contributed by atoms with Crippen LogP contribution in [-0.2, 0) is 5.75 Å². The van der Waals surface area contributed by atoms with Crippen molar-refractivity contribution >= 4 is 11.8 Å². The average Bonchev–Trinajstić information content (AvgIpc) is 2.86. The van der Waals surface area contributed by atoms with E-state index in [1.54, 1.807) is 11.8 Å². The normalized spacial score (nSPS) is 12.6. The molecule has 0 fully saturated rings. The van der Waals surface area contributed by atoms with Crippen molar-refractivity contribution in [3.63, 3.8) is 0 Å². The number of thioether (sulfide) groups is 1. The highest BCUT2D eigenvalue weighted by Crippen LogP contribution is 2.23. The Morgan fingerprint density at radius 3 is 3.00 bits per heavy atom. The van der Waals surface area contributed by atoms with Crippen LogP contribution in [0.25, 0.3) is 0 Å². The van der Waals surface area contributed by atoms with Gasteiger partial charge in [0, 0.05) is 4.90 Å². The van der Waals surface area contributed by atoms with Gasteiger partial charge in [-0.2, -0.15) is 4.98 Å². The van der Waals surface area contributed by atoms with E-state index in [4.69, 9.17) is 10.3 Å². The van der Waals surface area contributed by atoms with Crippen LogP contribution in [-0.4, -0.2) is 10.1 Å². The molecule has 19 heavy (non-hydrogen) atoms. The van der Waals surface area contributed by atoms with Crippen molar-refractivity contribution in [2.45, 2.75) is 43.4 Å². The van der Waals surface area contributed by atoms with Crippen molar-refractivity contribution in [2.75, 3.05) is 0 Å². The first-order chi connectivity index (χ1) is 9.19. The third-order valence-electron chi connectivity index (χ3n) is 2.76. The van der Waals surface area contributed by atoms with Crippen LogP contribution in [0.3, 0.4) is 0 Å². The van der Waals surface area contributed by atoms with Gasteiger partial charge in [-0.3, -0.25) is 0 Å². The highest BCUT2D eigenvalue weighted by atomic mass is 32.2. The lowest BCUT2D eigenvalue weighted by atomic mass is 10.2. The monoisotopic (exact) mass is 277 g/mol. The van der Waals surface area contributed by atoms with Crippen molar-refractivity contribution in [1.82, 2.24) is 10.1 Å². The summed E-state index contributed by atoms with van der Waals surface area (Å²) in [5, 5.41) is 3.97. The molecule has 2 rings (SSSR count). The molecule has 1 aromatic heterocycles. The number of aromatic nitrogens is 2. The molecule has 4 nitrogen and oxygen atoms in total. The highest BCUT2D eigenvalue weighted by molar-refractivity contribution is 7.98. The Morgan fingerprint density at radius 2 is 2.26 bits per heavy atom. The first kappa shape index (κ1) is 14.1. The summed E-state index contributed by atoms with van der Waals surface area (Å²) in [4.78, 5) is 5.55. The lowest BCUT2D eigenvalue weighted by Gasteiger charge is -2.02. The van der Waals surface area contributed by atoms with Crippen molar-refractivity contribution < 1.29 is 4.52 Å². The molecule has 0 radical (unpaired) electrons. The van der Waals surface area contributed by atoms with E-state index < -0.39 is 0 Å². The Labute approximate surface area is 117 Å². The zero-order chi connectivity index (χ0) is 13.7. The molecule has 5 heteroatoms. The molecule has 2 N–H and O–H groups in total. The van der Waals surface area contributed by atoms with Gasteiger partial charge >= 0.3 is 0 Å². The van der Waals surface area contributed by atoms with Crippen molar-refractivity contribution in [2.24, 2.45) is 5.73 Å². The van der Waals surface area contributed by atoms with Gasteiger partial charge < -0.3 is 10.3 Å². The zero-order valence-corrected chi connectivity index (χ0v) is 12.1. The standard InChI is InChI=1S/C14H19N3OS/c1-3-5-12(15)14-16-13(17-18-14)9-19-11-7-4-6-10(2)8-11/h4,6-8,12H,3,5,9,15H2,1-2H3/t12-/m1/s1. The summed E-state index contributed by atoms with van der Waals surface area (Å²) in [6.45, 7) is 4.17. The van der Waals surface area contributed by atoms with Crippen molar-refractivity contribution in [3.8, 4) is 0 Å². The van der Waals surface area contributed by atoms with E-state index in [0.717, 1.165) is 12.8 Å². The summed E-state index contributed by atoms with van der Waals surface area (Å²) >= 11 is 1.70. The van der Waals surface area contributed by atoms with Gasteiger partial charge in [0.25, 0.3) is 0 Å². The van der Waals surface area contributed by atoms with Gasteiger partial charge in [0.1, 0.15) is 0 Å². The molecule has 0 spiro atoms. The quantitative estimate of drug-likeness (QED) is 0.819. The molecule has 1 atom stereocenters. The Hall–Kier alpha value is -1.33. The maximum Gasteiger partial charge on any atom is 0.243 e. The van der Waals surface area contributed by atoms with Gasteiger partial charge in [-0.25, -0.2) is 0 Å². The first-order valence-corrected chi connectivity index (χ1v) is 7.45. The molecule has 102 valence electrons. The highest BCUT2D eigenvalue weighted by Gasteiger charge is 2.13. The minimum absolute atomic E-state index is 0.143. The minimum Gasteiger partial charge on any atom is -0.338 e. The van der Waals surface area contributed by atoms with Gasteiger partial charge in [-0.05, 0) is 25.5 Å². The number of benzene rings is 1. The van der Waals surface area contributed by atoms with Gasteiger partial charge in [-0.1, -0.05) is 36.2 Å². The number of nitrogens with zero attached hydrogens (tertiary/aromatic N) is 2. The van der Waals surface area contributed by atoms with Gasteiger partial charge in [0.05, 0.1) is 11.8 Å². The number of hydrogen-bond acceptors (Lipinski definition) is 5. The predicted octanol–water partition coefficient (Wildman–Crippen LogP) is 3.47. The molecule has 0 saturated carbocycles. The second-order valence-corrected chi connectivity index (χ2v) is 5.60. The van der Waals surface area contributed by atoms with Crippen LogP contribution in [0.1, 0.15) is 43.1 Å². The first-order valence-electron chi connectivity index (χ1n) is 6.46. The third kappa shape index (κ3) is 4.08. The Morgan fingerprint density at radius 1 is 1.42 bits per heavy atom. The maximum atomic E-state index is 5.94. The fraction of sp³-hybridized carbons (Fsp3) is 0.429. The second-order valence-electron chi connectivity index (χ2n) is 4.55. The maximum absolute atomic E-state index is 5.94. The van der Waals surface area contributed by atoms with Crippen LogP contribution in [0, 0.1) is 6.92 Å². The SMILES string of the molecule is CCC[C@@H](N)c1nc(CSc2cccc(C)c2)no1. The average molecular weight is 277 g/mol. The molecule has 0 saturated heterocycles. The fourth-order valence-electron chi connectivity index (χ4n) is 1.76. The molecule has 0 amide bonds. The molecule has 0 aliphatic heterocycles. The summed E-state index contributed by atoms with van der Waals surface area (Å²) in [5.41, 5.74) is 7.20. The Bertz CT molecular complexity index is 527. The molecule has 1 heterocycles. The fourth-order valence-corrected chi connectivity index (χ4v) is 2.62. The molecule has 1 aromatic carbocycles. The van der Waals surface area contributed by atoms with Gasteiger partial charge in [-0.15, -0.1) is 11.8 Å². The van der Waals surface area contributed by atoms with E-state index in [0.29, 0.717) is 17.5 Å².